The van der Waals surface area contributed by atoms with Gasteiger partial charge in [0.2, 0.25) is 0 Å². The standard InChI is InChI=1S/C11H10F3N3O/c1-6-10(18)7(2)17(16-6)9-4-3-8(5-15-9)11(12,13)14/h3-5,18H,1-2H3. The molecular formula is C11H10F3N3O. The monoisotopic (exact) mass is 257 g/mol. The molecule has 0 saturated carbocycles. The van der Waals surface area contributed by atoms with Gasteiger partial charge in [0.15, 0.2) is 11.6 Å². The summed E-state index contributed by atoms with van der Waals surface area (Å²) in [7, 11) is 0. The molecular weight excluding hydrogens is 247 g/mol. The highest BCUT2D eigenvalue weighted by Gasteiger charge is 2.30. The molecule has 0 amide bonds. The molecule has 7 heteroatoms. The summed E-state index contributed by atoms with van der Waals surface area (Å²) < 4.78 is 38.4. The molecule has 2 heterocycles. The van der Waals surface area contributed by atoms with E-state index in [0.717, 1.165) is 12.3 Å². The van der Waals surface area contributed by atoms with Crippen molar-refractivity contribution in [3.05, 3.63) is 35.3 Å². The first-order valence-corrected chi connectivity index (χ1v) is 5.09. The molecule has 2 aromatic rings. The van der Waals surface area contributed by atoms with Crippen LogP contribution in [0.15, 0.2) is 18.3 Å². The lowest BCUT2D eigenvalue weighted by atomic mass is 10.3. The van der Waals surface area contributed by atoms with Crippen molar-refractivity contribution in [3.63, 3.8) is 0 Å². The molecule has 0 radical (unpaired) electrons. The summed E-state index contributed by atoms with van der Waals surface area (Å²) in [4.78, 5) is 3.70. The maximum Gasteiger partial charge on any atom is 0.417 e. The predicted molar refractivity (Wildman–Crippen MR) is 57.5 cm³/mol. The van der Waals surface area contributed by atoms with Gasteiger partial charge in [0.1, 0.15) is 5.69 Å². The highest BCUT2D eigenvalue weighted by Crippen LogP contribution is 2.29. The van der Waals surface area contributed by atoms with Crippen LogP contribution in [0.3, 0.4) is 0 Å². The van der Waals surface area contributed by atoms with Crippen LogP contribution in [0.2, 0.25) is 0 Å². The van der Waals surface area contributed by atoms with E-state index in [4.69, 9.17) is 0 Å². The fourth-order valence-corrected chi connectivity index (χ4v) is 1.54. The third-order valence-electron chi connectivity index (χ3n) is 2.55. The minimum absolute atomic E-state index is 0.0108. The lowest BCUT2D eigenvalue weighted by Gasteiger charge is -2.07. The second-order valence-electron chi connectivity index (χ2n) is 3.83. The predicted octanol–water partition coefficient (Wildman–Crippen LogP) is 2.61. The van der Waals surface area contributed by atoms with Crippen molar-refractivity contribution in [1.82, 2.24) is 14.8 Å². The zero-order valence-corrected chi connectivity index (χ0v) is 9.65. The largest absolute Gasteiger partial charge is 0.504 e. The van der Waals surface area contributed by atoms with Crippen molar-refractivity contribution in [2.75, 3.05) is 0 Å². The van der Waals surface area contributed by atoms with Crippen LogP contribution in [-0.2, 0) is 6.18 Å². The third kappa shape index (κ3) is 2.03. The van der Waals surface area contributed by atoms with E-state index in [9.17, 15) is 18.3 Å². The number of aryl methyl sites for hydroxylation is 1. The summed E-state index contributed by atoms with van der Waals surface area (Å²) in [6.07, 6.45) is -3.68. The number of hydrogen-bond acceptors (Lipinski definition) is 3. The number of halogens is 3. The normalized spacial score (nSPS) is 11.8. The lowest BCUT2D eigenvalue weighted by molar-refractivity contribution is -0.137. The molecule has 2 aromatic heterocycles. The van der Waals surface area contributed by atoms with Gasteiger partial charge in [-0.2, -0.15) is 18.3 Å². The summed E-state index contributed by atoms with van der Waals surface area (Å²) in [6, 6.07) is 2.14. The summed E-state index contributed by atoms with van der Waals surface area (Å²) in [6.45, 7) is 3.21. The Kier molecular flexibility index (Phi) is 2.76. The molecule has 0 aromatic carbocycles. The number of nitrogens with zero attached hydrogens (tertiary/aromatic N) is 3. The molecule has 2 rings (SSSR count). The average molecular weight is 257 g/mol. The van der Waals surface area contributed by atoms with Crippen LogP contribution in [0.5, 0.6) is 5.75 Å². The summed E-state index contributed by atoms with van der Waals surface area (Å²) >= 11 is 0. The maximum absolute atomic E-state index is 12.4. The van der Waals surface area contributed by atoms with Gasteiger partial charge >= 0.3 is 6.18 Å². The molecule has 0 saturated heterocycles. The number of hydrogen-bond donors (Lipinski definition) is 1. The Morgan fingerprint density at radius 2 is 1.89 bits per heavy atom. The third-order valence-corrected chi connectivity index (χ3v) is 2.55. The maximum atomic E-state index is 12.4. The molecule has 0 unspecified atom stereocenters. The molecule has 18 heavy (non-hydrogen) atoms. The van der Waals surface area contributed by atoms with E-state index >= 15 is 0 Å². The van der Waals surface area contributed by atoms with Crippen molar-refractivity contribution in [2.24, 2.45) is 0 Å². The van der Waals surface area contributed by atoms with Gasteiger partial charge in [-0.15, -0.1) is 0 Å². The van der Waals surface area contributed by atoms with Crippen LogP contribution in [0.25, 0.3) is 5.82 Å². The lowest BCUT2D eigenvalue weighted by Crippen LogP contribution is -2.07. The van der Waals surface area contributed by atoms with Crippen molar-refractivity contribution < 1.29 is 18.3 Å². The Bertz CT molecular complexity index is 572. The number of alkyl halides is 3. The first-order chi connectivity index (χ1) is 8.30. The van der Waals surface area contributed by atoms with Gasteiger partial charge < -0.3 is 5.11 Å². The molecule has 96 valence electrons. The van der Waals surface area contributed by atoms with E-state index < -0.39 is 11.7 Å². The Hall–Kier alpha value is -2.05. The first-order valence-electron chi connectivity index (χ1n) is 5.09. The molecule has 0 fully saturated rings. The SMILES string of the molecule is Cc1nn(-c2ccc(C(F)(F)F)cn2)c(C)c1O. The molecule has 0 bridgehead atoms. The topological polar surface area (TPSA) is 50.9 Å². The van der Waals surface area contributed by atoms with Gasteiger partial charge in [0, 0.05) is 6.20 Å². The van der Waals surface area contributed by atoms with Gasteiger partial charge in [0.25, 0.3) is 0 Å². The Morgan fingerprint density at radius 1 is 1.22 bits per heavy atom. The van der Waals surface area contributed by atoms with Crippen molar-refractivity contribution in [1.29, 1.82) is 0 Å². The molecule has 4 nitrogen and oxygen atoms in total. The van der Waals surface area contributed by atoms with E-state index in [1.54, 1.807) is 13.8 Å². The van der Waals surface area contributed by atoms with E-state index in [-0.39, 0.29) is 11.6 Å². The van der Waals surface area contributed by atoms with E-state index in [0.29, 0.717) is 11.4 Å². The van der Waals surface area contributed by atoms with Crippen LogP contribution in [0.1, 0.15) is 17.0 Å². The van der Waals surface area contributed by atoms with E-state index in [1.165, 1.54) is 10.7 Å². The minimum Gasteiger partial charge on any atom is -0.504 e. The quantitative estimate of drug-likeness (QED) is 0.854. The summed E-state index contributed by atoms with van der Waals surface area (Å²) in [5.41, 5.74) is 0.00552. The summed E-state index contributed by atoms with van der Waals surface area (Å²) in [5.74, 6) is 0.237. The second-order valence-corrected chi connectivity index (χ2v) is 3.83. The van der Waals surface area contributed by atoms with Gasteiger partial charge in [-0.05, 0) is 26.0 Å². The zero-order valence-electron chi connectivity index (χ0n) is 9.65. The van der Waals surface area contributed by atoms with Gasteiger partial charge in [-0.25, -0.2) is 9.67 Å². The highest BCUT2D eigenvalue weighted by molar-refractivity contribution is 5.36. The molecule has 0 atom stereocenters. The molecule has 0 aliphatic heterocycles. The second kappa shape index (κ2) is 4.01. The van der Waals surface area contributed by atoms with Gasteiger partial charge in [-0.3, -0.25) is 0 Å². The molecule has 0 aliphatic carbocycles. The Morgan fingerprint density at radius 3 is 2.28 bits per heavy atom. The van der Waals surface area contributed by atoms with Crippen LogP contribution in [0.4, 0.5) is 13.2 Å². The Balaban J connectivity index is 2.44. The number of aromatic nitrogens is 3. The van der Waals surface area contributed by atoms with Gasteiger partial charge in [-0.1, -0.05) is 0 Å². The van der Waals surface area contributed by atoms with Crippen molar-refractivity contribution >= 4 is 0 Å². The van der Waals surface area contributed by atoms with Crippen LogP contribution >= 0.6 is 0 Å². The van der Waals surface area contributed by atoms with E-state index in [1.807, 2.05) is 0 Å². The van der Waals surface area contributed by atoms with Crippen molar-refractivity contribution in [2.45, 2.75) is 20.0 Å². The highest BCUT2D eigenvalue weighted by atomic mass is 19.4. The smallest absolute Gasteiger partial charge is 0.417 e. The number of pyridine rings is 1. The number of aromatic hydroxyl groups is 1. The molecule has 0 spiro atoms. The molecule has 0 aliphatic rings. The fourth-order valence-electron chi connectivity index (χ4n) is 1.54. The zero-order chi connectivity index (χ0) is 13.5. The minimum atomic E-state index is -4.41. The van der Waals surface area contributed by atoms with E-state index in [2.05, 4.69) is 10.1 Å². The average Bonchev–Trinajstić information content (AvgIpc) is 2.56. The molecule has 1 N–H and O–H groups in total. The Labute approximate surface area is 101 Å². The van der Waals surface area contributed by atoms with Crippen LogP contribution in [-0.4, -0.2) is 19.9 Å². The van der Waals surface area contributed by atoms with Crippen molar-refractivity contribution in [3.8, 4) is 11.6 Å². The summed E-state index contributed by atoms with van der Waals surface area (Å²) in [5, 5.41) is 13.6. The first kappa shape index (κ1) is 12.4. The van der Waals surface area contributed by atoms with Gasteiger partial charge in [0.05, 0.1) is 11.3 Å². The fraction of sp³-hybridized carbons (Fsp3) is 0.273. The number of rotatable bonds is 1. The van der Waals surface area contributed by atoms with Crippen LogP contribution < -0.4 is 0 Å². The van der Waals surface area contributed by atoms with Crippen LogP contribution in [0, 0.1) is 13.8 Å².